The Kier molecular flexibility index (Phi) is 3.59. The monoisotopic (exact) mass is 295 g/mol. The van der Waals surface area contributed by atoms with Crippen LogP contribution in [0.1, 0.15) is 11.3 Å². The fourth-order valence-electron chi connectivity index (χ4n) is 2.67. The van der Waals surface area contributed by atoms with Crippen molar-refractivity contribution in [2.24, 2.45) is 7.05 Å². The van der Waals surface area contributed by atoms with E-state index in [0.717, 1.165) is 11.3 Å². The van der Waals surface area contributed by atoms with Crippen LogP contribution in [0.15, 0.2) is 53.3 Å². The number of methoxy groups -OCH3 is 1. The van der Waals surface area contributed by atoms with Crippen LogP contribution in [0.4, 0.5) is 0 Å². The summed E-state index contributed by atoms with van der Waals surface area (Å²) in [5, 5.41) is 10.4. The lowest BCUT2D eigenvalue weighted by molar-refractivity contribution is 0.409. The largest absolute Gasteiger partial charge is 0.507 e. The van der Waals surface area contributed by atoms with Gasteiger partial charge in [0.15, 0.2) is 5.43 Å². The van der Waals surface area contributed by atoms with Crippen molar-refractivity contribution in [2.45, 2.75) is 6.42 Å². The van der Waals surface area contributed by atoms with Crippen LogP contribution in [0.5, 0.6) is 11.5 Å². The SMILES string of the molecule is COc1cc(O)c2c(=O)cc(Cc3ccccc3)n(C)c2c1. The summed E-state index contributed by atoms with van der Waals surface area (Å²) in [6.07, 6.45) is 0.653. The molecule has 3 aromatic rings. The molecule has 0 spiro atoms. The van der Waals surface area contributed by atoms with Gasteiger partial charge < -0.3 is 14.4 Å². The van der Waals surface area contributed by atoms with Crippen molar-refractivity contribution < 1.29 is 9.84 Å². The van der Waals surface area contributed by atoms with Gasteiger partial charge in [-0.2, -0.15) is 0 Å². The molecule has 0 radical (unpaired) electrons. The van der Waals surface area contributed by atoms with E-state index in [1.165, 1.54) is 13.2 Å². The van der Waals surface area contributed by atoms with E-state index in [4.69, 9.17) is 4.74 Å². The van der Waals surface area contributed by atoms with Crippen molar-refractivity contribution in [3.05, 3.63) is 70.0 Å². The van der Waals surface area contributed by atoms with Gasteiger partial charge in [-0.3, -0.25) is 4.79 Å². The molecule has 22 heavy (non-hydrogen) atoms. The molecule has 0 saturated heterocycles. The first-order valence-corrected chi connectivity index (χ1v) is 7.03. The van der Waals surface area contributed by atoms with Crippen LogP contribution in [0.25, 0.3) is 10.9 Å². The molecule has 0 unspecified atom stereocenters. The number of hydrogen-bond acceptors (Lipinski definition) is 3. The van der Waals surface area contributed by atoms with E-state index in [-0.39, 0.29) is 11.2 Å². The van der Waals surface area contributed by atoms with E-state index >= 15 is 0 Å². The first-order chi connectivity index (χ1) is 10.6. The summed E-state index contributed by atoms with van der Waals surface area (Å²) in [6.45, 7) is 0. The zero-order valence-corrected chi connectivity index (χ0v) is 12.5. The van der Waals surface area contributed by atoms with Gasteiger partial charge in [0.05, 0.1) is 18.0 Å². The van der Waals surface area contributed by atoms with Gasteiger partial charge in [0.25, 0.3) is 0 Å². The van der Waals surface area contributed by atoms with Gasteiger partial charge in [0.2, 0.25) is 0 Å². The highest BCUT2D eigenvalue weighted by Crippen LogP contribution is 2.28. The minimum absolute atomic E-state index is 0.0544. The van der Waals surface area contributed by atoms with Gasteiger partial charge in [0, 0.05) is 37.4 Å². The minimum Gasteiger partial charge on any atom is -0.507 e. The molecule has 0 atom stereocenters. The van der Waals surface area contributed by atoms with Gasteiger partial charge in [-0.05, 0) is 5.56 Å². The number of benzene rings is 2. The van der Waals surface area contributed by atoms with Crippen molar-refractivity contribution in [3.63, 3.8) is 0 Å². The second-order valence-electron chi connectivity index (χ2n) is 5.26. The van der Waals surface area contributed by atoms with E-state index in [9.17, 15) is 9.90 Å². The summed E-state index contributed by atoms with van der Waals surface area (Å²) in [5.74, 6) is 0.470. The maximum atomic E-state index is 12.3. The smallest absolute Gasteiger partial charge is 0.193 e. The number of hydrogen-bond donors (Lipinski definition) is 1. The van der Waals surface area contributed by atoms with Crippen LogP contribution in [0.3, 0.4) is 0 Å². The molecule has 3 rings (SSSR count). The number of phenols is 1. The topological polar surface area (TPSA) is 51.5 Å². The fraction of sp³-hybridized carbons (Fsp3) is 0.167. The molecule has 0 aliphatic rings. The van der Waals surface area contributed by atoms with E-state index in [0.29, 0.717) is 23.1 Å². The summed E-state index contributed by atoms with van der Waals surface area (Å²) < 4.78 is 7.10. The molecule has 0 saturated carbocycles. The normalized spacial score (nSPS) is 10.8. The predicted molar refractivity (Wildman–Crippen MR) is 86.7 cm³/mol. The Morgan fingerprint density at radius 3 is 2.55 bits per heavy atom. The van der Waals surface area contributed by atoms with Crippen molar-refractivity contribution in [1.82, 2.24) is 4.57 Å². The fourth-order valence-corrected chi connectivity index (χ4v) is 2.67. The number of aromatic hydroxyl groups is 1. The quantitative estimate of drug-likeness (QED) is 0.808. The third-order valence-electron chi connectivity index (χ3n) is 3.87. The number of aryl methyl sites for hydroxylation is 1. The zero-order valence-electron chi connectivity index (χ0n) is 12.5. The van der Waals surface area contributed by atoms with E-state index in [1.807, 2.05) is 41.9 Å². The van der Waals surface area contributed by atoms with Gasteiger partial charge in [0.1, 0.15) is 11.5 Å². The number of ether oxygens (including phenoxy) is 1. The Morgan fingerprint density at radius 2 is 1.86 bits per heavy atom. The average Bonchev–Trinajstić information content (AvgIpc) is 2.52. The molecule has 0 aliphatic carbocycles. The highest BCUT2D eigenvalue weighted by molar-refractivity contribution is 5.87. The minimum atomic E-state index is -0.181. The molecule has 1 heterocycles. The van der Waals surface area contributed by atoms with E-state index in [2.05, 4.69) is 0 Å². The molecule has 2 aromatic carbocycles. The predicted octanol–water partition coefficient (Wildman–Crippen LogP) is 2.84. The first-order valence-electron chi connectivity index (χ1n) is 7.03. The standard InChI is InChI=1S/C18H17NO3/c1-19-13(8-12-6-4-3-5-7-12)9-16(20)18-15(19)10-14(22-2)11-17(18)21/h3-7,9-11,21H,8H2,1-2H3. The summed E-state index contributed by atoms with van der Waals surface area (Å²) in [6, 6.07) is 14.8. The number of aromatic nitrogens is 1. The number of nitrogens with zero attached hydrogens (tertiary/aromatic N) is 1. The van der Waals surface area contributed by atoms with Gasteiger partial charge in [-0.25, -0.2) is 0 Å². The Hall–Kier alpha value is -2.75. The molecule has 4 nitrogen and oxygen atoms in total. The molecule has 112 valence electrons. The number of rotatable bonds is 3. The number of phenolic OH excluding ortho intramolecular Hbond substituents is 1. The van der Waals surface area contributed by atoms with E-state index in [1.54, 1.807) is 12.1 Å². The maximum Gasteiger partial charge on any atom is 0.193 e. The van der Waals surface area contributed by atoms with Gasteiger partial charge >= 0.3 is 0 Å². The molecule has 4 heteroatoms. The van der Waals surface area contributed by atoms with Crippen molar-refractivity contribution in [2.75, 3.05) is 7.11 Å². The lowest BCUT2D eigenvalue weighted by Gasteiger charge is -2.14. The van der Waals surface area contributed by atoms with Crippen LogP contribution in [-0.2, 0) is 13.5 Å². The second-order valence-corrected chi connectivity index (χ2v) is 5.26. The van der Waals surface area contributed by atoms with Crippen LogP contribution in [0.2, 0.25) is 0 Å². The lowest BCUT2D eigenvalue weighted by Crippen LogP contribution is -2.12. The zero-order chi connectivity index (χ0) is 15.7. The second kappa shape index (κ2) is 5.56. The molecule has 1 N–H and O–H groups in total. The van der Waals surface area contributed by atoms with Crippen LogP contribution in [0, 0.1) is 0 Å². The molecular formula is C18H17NO3. The van der Waals surface area contributed by atoms with E-state index < -0.39 is 0 Å². The molecule has 0 aliphatic heterocycles. The Balaban J connectivity index is 2.21. The van der Waals surface area contributed by atoms with Crippen LogP contribution < -0.4 is 10.2 Å². The van der Waals surface area contributed by atoms with Crippen molar-refractivity contribution in [3.8, 4) is 11.5 Å². The third-order valence-corrected chi connectivity index (χ3v) is 3.87. The molecule has 0 fully saturated rings. The molecule has 1 aromatic heterocycles. The number of fused-ring (bicyclic) bond motifs is 1. The summed E-state index contributed by atoms with van der Waals surface area (Å²) in [4.78, 5) is 12.3. The summed E-state index contributed by atoms with van der Waals surface area (Å²) in [7, 11) is 3.42. The number of pyridine rings is 1. The lowest BCUT2D eigenvalue weighted by atomic mass is 10.1. The Bertz CT molecular complexity index is 882. The van der Waals surface area contributed by atoms with Crippen LogP contribution in [-0.4, -0.2) is 16.8 Å². The maximum absolute atomic E-state index is 12.3. The Labute approximate surface area is 128 Å². The van der Waals surface area contributed by atoms with Gasteiger partial charge in [-0.15, -0.1) is 0 Å². The molecule has 0 amide bonds. The Morgan fingerprint density at radius 1 is 1.14 bits per heavy atom. The third kappa shape index (κ3) is 2.44. The van der Waals surface area contributed by atoms with Crippen molar-refractivity contribution in [1.29, 1.82) is 0 Å². The highest BCUT2D eigenvalue weighted by Gasteiger charge is 2.12. The molecule has 0 bridgehead atoms. The average molecular weight is 295 g/mol. The van der Waals surface area contributed by atoms with Crippen LogP contribution >= 0.6 is 0 Å². The first kappa shape index (κ1) is 14.2. The highest BCUT2D eigenvalue weighted by atomic mass is 16.5. The van der Waals surface area contributed by atoms with Crippen molar-refractivity contribution >= 4 is 10.9 Å². The van der Waals surface area contributed by atoms with Gasteiger partial charge in [-0.1, -0.05) is 30.3 Å². The molecular weight excluding hydrogens is 278 g/mol. The summed E-state index contributed by atoms with van der Waals surface area (Å²) in [5.41, 5.74) is 2.50. The summed E-state index contributed by atoms with van der Waals surface area (Å²) >= 11 is 0.